The van der Waals surface area contributed by atoms with Crippen molar-refractivity contribution in [3.63, 3.8) is 0 Å². The number of hydrogen-bond donors (Lipinski definition) is 2. The molecule has 2 rings (SSSR count). The number of aliphatic hydroxyl groups excluding tert-OH is 1. The molecule has 5 nitrogen and oxygen atoms in total. The van der Waals surface area contributed by atoms with E-state index < -0.39 is 0 Å². The Morgan fingerprint density at radius 3 is 2.61 bits per heavy atom. The Labute approximate surface area is 141 Å². The number of thioether (sulfide) groups is 1. The maximum Gasteiger partial charge on any atom is 0.251 e. The van der Waals surface area contributed by atoms with E-state index in [2.05, 4.69) is 10.4 Å². The maximum atomic E-state index is 12.3. The zero-order chi connectivity index (χ0) is 16.8. The van der Waals surface area contributed by atoms with Crippen LogP contribution in [0.25, 0.3) is 0 Å². The van der Waals surface area contributed by atoms with E-state index in [1.54, 1.807) is 11.8 Å². The van der Waals surface area contributed by atoms with Crippen molar-refractivity contribution >= 4 is 17.7 Å². The van der Waals surface area contributed by atoms with Crippen LogP contribution in [0.5, 0.6) is 0 Å². The molecule has 0 spiro atoms. The minimum atomic E-state index is -0.0854. The van der Waals surface area contributed by atoms with Crippen molar-refractivity contribution in [1.82, 2.24) is 15.1 Å². The number of hydrogen-bond acceptors (Lipinski definition) is 4. The van der Waals surface area contributed by atoms with Gasteiger partial charge in [0.2, 0.25) is 0 Å². The number of nitrogens with one attached hydrogen (secondary N) is 1. The number of benzene rings is 1. The SMILES string of the molecule is Cc1cc(C)n(CC(C)NC(=O)c2ccc(SCCO)cc2)n1. The molecule has 23 heavy (non-hydrogen) atoms. The summed E-state index contributed by atoms with van der Waals surface area (Å²) in [6.07, 6.45) is 0. The van der Waals surface area contributed by atoms with E-state index in [-0.39, 0.29) is 18.6 Å². The van der Waals surface area contributed by atoms with Gasteiger partial charge in [-0.2, -0.15) is 5.10 Å². The Kier molecular flexibility index (Phi) is 6.24. The molecule has 0 aliphatic heterocycles. The highest BCUT2D eigenvalue weighted by atomic mass is 32.2. The molecule has 1 aromatic heterocycles. The van der Waals surface area contributed by atoms with E-state index in [0.29, 0.717) is 17.9 Å². The third-order valence-electron chi connectivity index (χ3n) is 3.40. The number of carbonyl (C=O) groups is 1. The summed E-state index contributed by atoms with van der Waals surface area (Å²) in [4.78, 5) is 13.3. The summed E-state index contributed by atoms with van der Waals surface area (Å²) in [5, 5.41) is 16.2. The van der Waals surface area contributed by atoms with Crippen LogP contribution >= 0.6 is 11.8 Å². The molecule has 1 unspecified atom stereocenters. The van der Waals surface area contributed by atoms with E-state index >= 15 is 0 Å². The highest BCUT2D eigenvalue weighted by molar-refractivity contribution is 7.99. The quantitative estimate of drug-likeness (QED) is 0.764. The number of carbonyl (C=O) groups excluding carboxylic acids is 1. The first-order valence-corrected chi connectivity index (χ1v) is 8.64. The Morgan fingerprint density at radius 2 is 2.04 bits per heavy atom. The molecule has 1 aromatic carbocycles. The van der Waals surface area contributed by atoms with Crippen LogP contribution in [0, 0.1) is 13.8 Å². The topological polar surface area (TPSA) is 67.2 Å². The number of nitrogens with zero attached hydrogens (tertiary/aromatic N) is 2. The molecule has 124 valence electrons. The van der Waals surface area contributed by atoms with E-state index in [1.165, 1.54) is 0 Å². The second-order valence-electron chi connectivity index (χ2n) is 5.58. The zero-order valence-corrected chi connectivity index (χ0v) is 14.6. The number of amides is 1. The summed E-state index contributed by atoms with van der Waals surface area (Å²) < 4.78 is 1.91. The van der Waals surface area contributed by atoms with Crippen molar-refractivity contribution in [3.8, 4) is 0 Å². The molecule has 1 atom stereocenters. The molecule has 0 aliphatic carbocycles. The molecule has 0 saturated carbocycles. The molecule has 2 aromatic rings. The maximum absolute atomic E-state index is 12.3. The van der Waals surface area contributed by atoms with Crippen molar-refractivity contribution in [2.45, 2.75) is 38.3 Å². The van der Waals surface area contributed by atoms with Crippen LogP contribution in [0.2, 0.25) is 0 Å². The van der Waals surface area contributed by atoms with Crippen LogP contribution in [0.4, 0.5) is 0 Å². The Morgan fingerprint density at radius 1 is 1.35 bits per heavy atom. The smallest absolute Gasteiger partial charge is 0.251 e. The summed E-state index contributed by atoms with van der Waals surface area (Å²) in [5.41, 5.74) is 2.71. The lowest BCUT2D eigenvalue weighted by atomic mass is 10.2. The first kappa shape index (κ1) is 17.6. The molecule has 2 N–H and O–H groups in total. The largest absolute Gasteiger partial charge is 0.396 e. The lowest BCUT2D eigenvalue weighted by Gasteiger charge is -2.15. The highest BCUT2D eigenvalue weighted by Gasteiger charge is 2.12. The van der Waals surface area contributed by atoms with Crippen molar-refractivity contribution in [2.75, 3.05) is 12.4 Å². The number of aryl methyl sites for hydroxylation is 2. The Hall–Kier alpha value is -1.79. The Bertz CT molecular complexity index is 652. The predicted molar refractivity (Wildman–Crippen MR) is 92.9 cm³/mol. The summed E-state index contributed by atoms with van der Waals surface area (Å²) in [6, 6.07) is 9.44. The van der Waals surface area contributed by atoms with E-state index in [0.717, 1.165) is 16.3 Å². The van der Waals surface area contributed by atoms with Gasteiger partial charge in [-0.05, 0) is 51.1 Å². The molecule has 0 radical (unpaired) electrons. The first-order valence-electron chi connectivity index (χ1n) is 7.65. The van der Waals surface area contributed by atoms with E-state index in [1.807, 2.05) is 55.8 Å². The molecule has 0 saturated heterocycles. The summed E-state index contributed by atoms with van der Waals surface area (Å²) in [7, 11) is 0. The Balaban J connectivity index is 1.91. The molecular formula is C17H23N3O2S. The van der Waals surface area contributed by atoms with Gasteiger partial charge in [0.1, 0.15) is 0 Å². The van der Waals surface area contributed by atoms with Crippen LogP contribution in [0.15, 0.2) is 35.2 Å². The van der Waals surface area contributed by atoms with Crippen LogP contribution in [-0.2, 0) is 6.54 Å². The molecule has 0 aliphatic rings. The highest BCUT2D eigenvalue weighted by Crippen LogP contribution is 2.17. The van der Waals surface area contributed by atoms with E-state index in [4.69, 9.17) is 5.11 Å². The molecular weight excluding hydrogens is 310 g/mol. The monoisotopic (exact) mass is 333 g/mol. The van der Waals surface area contributed by atoms with Crippen LogP contribution in [0.3, 0.4) is 0 Å². The molecule has 1 amide bonds. The first-order chi connectivity index (χ1) is 11.0. The third kappa shape index (κ3) is 5.11. The van der Waals surface area contributed by atoms with Gasteiger partial charge < -0.3 is 10.4 Å². The average Bonchev–Trinajstić information content (AvgIpc) is 2.83. The lowest BCUT2D eigenvalue weighted by Crippen LogP contribution is -2.36. The van der Waals surface area contributed by atoms with Crippen LogP contribution in [-0.4, -0.2) is 39.2 Å². The van der Waals surface area contributed by atoms with Crippen molar-refractivity contribution in [3.05, 3.63) is 47.3 Å². The van der Waals surface area contributed by atoms with Gasteiger partial charge in [0.05, 0.1) is 18.8 Å². The van der Waals surface area contributed by atoms with Crippen molar-refractivity contribution in [1.29, 1.82) is 0 Å². The zero-order valence-electron chi connectivity index (χ0n) is 13.7. The number of aromatic nitrogens is 2. The van der Waals surface area contributed by atoms with E-state index in [9.17, 15) is 4.79 Å². The fraction of sp³-hybridized carbons (Fsp3) is 0.412. The summed E-state index contributed by atoms with van der Waals surface area (Å²) >= 11 is 1.57. The molecule has 0 bridgehead atoms. The lowest BCUT2D eigenvalue weighted by molar-refractivity contribution is 0.0935. The van der Waals surface area contributed by atoms with Gasteiger partial charge in [-0.3, -0.25) is 9.48 Å². The second kappa shape index (κ2) is 8.17. The van der Waals surface area contributed by atoms with Gasteiger partial charge >= 0.3 is 0 Å². The van der Waals surface area contributed by atoms with Gasteiger partial charge in [-0.1, -0.05) is 0 Å². The standard InChI is InChI=1S/C17H23N3O2S/c1-12-10-14(3)20(19-12)11-13(2)18-17(22)15-4-6-16(7-5-15)23-9-8-21/h4-7,10,13,21H,8-9,11H2,1-3H3,(H,18,22). The normalized spacial score (nSPS) is 12.2. The summed E-state index contributed by atoms with van der Waals surface area (Å²) in [5.74, 6) is 0.573. The third-order valence-corrected chi connectivity index (χ3v) is 4.40. The number of aliphatic hydroxyl groups is 1. The average molecular weight is 333 g/mol. The van der Waals surface area contributed by atoms with Crippen LogP contribution < -0.4 is 5.32 Å². The molecule has 1 heterocycles. The fourth-order valence-corrected chi connectivity index (χ4v) is 2.99. The minimum absolute atomic E-state index is 0.0102. The predicted octanol–water partition coefficient (Wildman–Crippen LogP) is 2.40. The molecule has 0 fully saturated rings. The van der Waals surface area contributed by atoms with Gasteiger partial charge in [0, 0.05) is 27.9 Å². The van der Waals surface area contributed by atoms with Crippen molar-refractivity contribution < 1.29 is 9.90 Å². The van der Waals surface area contributed by atoms with Gasteiger partial charge in [-0.15, -0.1) is 11.8 Å². The van der Waals surface area contributed by atoms with Gasteiger partial charge in [-0.25, -0.2) is 0 Å². The molecule has 6 heteroatoms. The fourth-order valence-electron chi connectivity index (χ4n) is 2.34. The van der Waals surface area contributed by atoms with Crippen molar-refractivity contribution in [2.24, 2.45) is 0 Å². The minimum Gasteiger partial charge on any atom is -0.396 e. The second-order valence-corrected chi connectivity index (χ2v) is 6.75. The van der Waals surface area contributed by atoms with Crippen LogP contribution in [0.1, 0.15) is 28.7 Å². The number of rotatable bonds is 7. The summed E-state index contributed by atoms with van der Waals surface area (Å²) in [6.45, 7) is 6.74. The van der Waals surface area contributed by atoms with Gasteiger partial charge in [0.15, 0.2) is 0 Å². The van der Waals surface area contributed by atoms with Gasteiger partial charge in [0.25, 0.3) is 5.91 Å².